The number of anilines is 2. The van der Waals surface area contributed by atoms with Crippen LogP contribution in [0.4, 0.5) is 20.0 Å². The molecule has 2 aromatic heterocycles. The molecule has 0 unspecified atom stereocenters. The molecule has 238 valence electrons. The van der Waals surface area contributed by atoms with E-state index in [-0.39, 0.29) is 17.2 Å². The molecule has 13 nitrogen and oxygen atoms in total. The van der Waals surface area contributed by atoms with Gasteiger partial charge in [0, 0.05) is 0 Å². The van der Waals surface area contributed by atoms with Crippen molar-refractivity contribution < 1.29 is 41.4 Å². The van der Waals surface area contributed by atoms with Gasteiger partial charge in [0.15, 0.2) is 17.3 Å². The smallest absolute Gasteiger partial charge is 0.408 e. The number of hydrogen-bond acceptors (Lipinski definition) is 11. The van der Waals surface area contributed by atoms with Gasteiger partial charge in [-0.05, 0) is 65.3 Å². The van der Waals surface area contributed by atoms with Crippen molar-refractivity contribution in [2.24, 2.45) is 0 Å². The van der Waals surface area contributed by atoms with Crippen LogP contribution in [-0.2, 0) is 30.8 Å². The standard InChI is InChI=1S/C28H34FN5O8S2/c1-27(2,3)41-25(36)22-24(43-16-32-22)34(15-17-8-10-18(40-7)11-9-17)44(38,39)19-12-20(29)23(30-13-19)33-21(35)14-31-26(37)42-28(4,5)6/h8-13,16H,14-15H2,1-7H3,(H,31,37)(H,30,33,35). The first-order valence-electron chi connectivity index (χ1n) is 13.1. The van der Waals surface area contributed by atoms with Gasteiger partial charge in [0.05, 0.1) is 25.4 Å². The predicted molar refractivity (Wildman–Crippen MR) is 161 cm³/mol. The molecule has 2 N–H and O–H groups in total. The van der Waals surface area contributed by atoms with Gasteiger partial charge in [-0.3, -0.25) is 9.10 Å². The lowest BCUT2D eigenvalue weighted by molar-refractivity contribution is -0.115. The lowest BCUT2D eigenvalue weighted by Gasteiger charge is -2.25. The molecule has 0 aliphatic rings. The molecule has 0 spiro atoms. The summed E-state index contributed by atoms with van der Waals surface area (Å²) in [5, 5.41) is 4.35. The predicted octanol–water partition coefficient (Wildman–Crippen LogP) is 4.50. The van der Waals surface area contributed by atoms with E-state index in [1.54, 1.807) is 65.8 Å². The lowest BCUT2D eigenvalue weighted by Crippen LogP contribution is -2.37. The number of aromatic nitrogens is 2. The van der Waals surface area contributed by atoms with Gasteiger partial charge < -0.3 is 24.8 Å². The highest BCUT2D eigenvalue weighted by Crippen LogP contribution is 2.34. The number of amides is 2. The third kappa shape index (κ3) is 9.34. The Bertz CT molecular complexity index is 1610. The largest absolute Gasteiger partial charge is 0.497 e. The summed E-state index contributed by atoms with van der Waals surface area (Å²) in [5.74, 6) is -2.84. The van der Waals surface area contributed by atoms with E-state index in [1.165, 1.54) is 12.6 Å². The minimum atomic E-state index is -4.57. The molecule has 0 aliphatic heterocycles. The average molecular weight is 652 g/mol. The van der Waals surface area contributed by atoms with Crippen molar-refractivity contribution in [1.29, 1.82) is 0 Å². The molecule has 0 atom stereocenters. The van der Waals surface area contributed by atoms with Crippen LogP contribution in [0.3, 0.4) is 0 Å². The Kier molecular flexibility index (Phi) is 10.5. The van der Waals surface area contributed by atoms with Gasteiger partial charge in [0.25, 0.3) is 10.0 Å². The van der Waals surface area contributed by atoms with E-state index in [0.717, 1.165) is 21.8 Å². The number of nitrogens with zero attached hydrogens (tertiary/aromatic N) is 3. The van der Waals surface area contributed by atoms with Crippen molar-refractivity contribution in [3.63, 3.8) is 0 Å². The lowest BCUT2D eigenvalue weighted by atomic mass is 10.2. The molecule has 0 saturated heterocycles. The third-order valence-electron chi connectivity index (χ3n) is 5.31. The first-order valence-corrected chi connectivity index (χ1v) is 15.5. The fourth-order valence-electron chi connectivity index (χ4n) is 3.47. The number of alkyl carbamates (subject to hydrolysis) is 1. The molecular weight excluding hydrogens is 617 g/mol. The SMILES string of the molecule is COc1ccc(CN(c2scnc2C(=O)OC(C)(C)C)S(=O)(=O)c2cnc(NC(=O)CNC(=O)OC(C)(C)C)c(F)c2)cc1. The van der Waals surface area contributed by atoms with Crippen LogP contribution in [0.25, 0.3) is 0 Å². The Morgan fingerprint density at radius 2 is 1.64 bits per heavy atom. The van der Waals surface area contributed by atoms with Gasteiger partial charge in [-0.15, -0.1) is 11.3 Å². The summed E-state index contributed by atoms with van der Waals surface area (Å²) in [6.07, 6.45) is 0.0122. The van der Waals surface area contributed by atoms with Crippen molar-refractivity contribution >= 4 is 50.1 Å². The number of hydrogen-bond donors (Lipinski definition) is 2. The number of sulfonamides is 1. The number of benzene rings is 1. The molecule has 2 amide bonds. The number of pyridine rings is 1. The van der Waals surface area contributed by atoms with E-state index in [2.05, 4.69) is 20.6 Å². The van der Waals surface area contributed by atoms with Gasteiger partial charge in [0.1, 0.15) is 33.4 Å². The molecule has 1 aromatic carbocycles. The summed E-state index contributed by atoms with van der Waals surface area (Å²) >= 11 is 0.881. The molecule has 3 aromatic rings. The molecule has 0 aliphatic carbocycles. The molecule has 44 heavy (non-hydrogen) atoms. The first kappa shape index (κ1) is 34.2. The normalized spacial score (nSPS) is 11.8. The zero-order valence-corrected chi connectivity index (χ0v) is 26.9. The van der Waals surface area contributed by atoms with E-state index < -0.39 is 62.3 Å². The summed E-state index contributed by atoms with van der Waals surface area (Å²) in [6, 6.07) is 7.24. The van der Waals surface area contributed by atoms with E-state index in [1.807, 2.05) is 0 Å². The van der Waals surface area contributed by atoms with Crippen molar-refractivity contribution in [3.8, 4) is 5.75 Å². The number of halogens is 1. The molecule has 0 bridgehead atoms. The summed E-state index contributed by atoms with van der Waals surface area (Å²) in [7, 11) is -3.08. The van der Waals surface area contributed by atoms with Crippen molar-refractivity contribution in [2.45, 2.75) is 64.2 Å². The van der Waals surface area contributed by atoms with Gasteiger partial charge in [0.2, 0.25) is 5.91 Å². The molecule has 16 heteroatoms. The minimum absolute atomic E-state index is 0.0546. The molecular formula is C28H34FN5O8S2. The van der Waals surface area contributed by atoms with Gasteiger partial charge >= 0.3 is 12.1 Å². The van der Waals surface area contributed by atoms with Crippen molar-refractivity contribution in [3.05, 3.63) is 59.1 Å². The number of ether oxygens (including phenoxy) is 3. The number of nitrogens with one attached hydrogen (secondary N) is 2. The van der Waals surface area contributed by atoms with Gasteiger partial charge in [-0.1, -0.05) is 12.1 Å². The van der Waals surface area contributed by atoms with Crippen LogP contribution >= 0.6 is 11.3 Å². The summed E-state index contributed by atoms with van der Waals surface area (Å²) in [4.78, 5) is 44.3. The first-order chi connectivity index (χ1) is 20.4. The Hall–Kier alpha value is -4.31. The molecule has 2 heterocycles. The third-order valence-corrected chi connectivity index (χ3v) is 7.98. The van der Waals surface area contributed by atoms with Crippen LogP contribution in [0.5, 0.6) is 5.75 Å². The minimum Gasteiger partial charge on any atom is -0.497 e. The van der Waals surface area contributed by atoms with E-state index >= 15 is 4.39 Å². The maximum absolute atomic E-state index is 15.1. The maximum Gasteiger partial charge on any atom is 0.408 e. The van der Waals surface area contributed by atoms with E-state index in [9.17, 15) is 22.8 Å². The quantitative estimate of drug-likeness (QED) is 0.298. The number of methoxy groups -OCH3 is 1. The van der Waals surface area contributed by atoms with Gasteiger partial charge in [-0.2, -0.15) is 0 Å². The second kappa shape index (κ2) is 13.5. The monoisotopic (exact) mass is 651 g/mol. The Balaban J connectivity index is 1.92. The number of rotatable bonds is 10. The van der Waals surface area contributed by atoms with Crippen LogP contribution in [0.1, 0.15) is 57.6 Å². The fourth-order valence-corrected chi connectivity index (χ4v) is 5.90. The molecule has 3 rings (SSSR count). The number of carbonyl (C=O) groups is 3. The van der Waals surface area contributed by atoms with Crippen LogP contribution in [0, 0.1) is 5.82 Å². The molecule has 0 radical (unpaired) electrons. The second-order valence-corrected chi connectivity index (χ2v) is 14.0. The van der Waals surface area contributed by atoms with Crippen LogP contribution in [0.15, 0.2) is 46.9 Å². The second-order valence-electron chi connectivity index (χ2n) is 11.3. The Labute approximate surface area is 258 Å². The summed E-state index contributed by atoms with van der Waals surface area (Å²) in [5.41, 5.74) is -0.0881. The van der Waals surface area contributed by atoms with Crippen LogP contribution in [-0.4, -0.2) is 61.2 Å². The topological polar surface area (TPSA) is 166 Å². The van der Waals surface area contributed by atoms with Crippen molar-refractivity contribution in [2.75, 3.05) is 23.3 Å². The summed E-state index contributed by atoms with van der Waals surface area (Å²) < 4.78 is 59.6. The Morgan fingerprint density at radius 1 is 1.00 bits per heavy atom. The fraction of sp³-hybridized carbons (Fsp3) is 0.393. The van der Waals surface area contributed by atoms with Crippen molar-refractivity contribution in [1.82, 2.24) is 15.3 Å². The van der Waals surface area contributed by atoms with Gasteiger partial charge in [-0.25, -0.2) is 32.4 Å². The zero-order chi connectivity index (χ0) is 32.9. The Morgan fingerprint density at radius 3 is 2.20 bits per heavy atom. The van der Waals surface area contributed by atoms with E-state index in [4.69, 9.17) is 14.2 Å². The van der Waals surface area contributed by atoms with Crippen LogP contribution in [0.2, 0.25) is 0 Å². The van der Waals surface area contributed by atoms with Crippen LogP contribution < -0.4 is 19.7 Å². The number of esters is 1. The maximum atomic E-state index is 15.1. The van der Waals surface area contributed by atoms with E-state index in [0.29, 0.717) is 17.4 Å². The zero-order valence-electron chi connectivity index (χ0n) is 25.3. The average Bonchev–Trinajstić information content (AvgIpc) is 3.40. The highest BCUT2D eigenvalue weighted by molar-refractivity contribution is 7.93. The highest BCUT2D eigenvalue weighted by Gasteiger charge is 2.33. The molecule has 0 saturated carbocycles. The highest BCUT2D eigenvalue weighted by atomic mass is 32.2. The number of carbonyl (C=O) groups excluding carboxylic acids is 3. The summed E-state index contributed by atoms with van der Waals surface area (Å²) in [6.45, 7) is 9.10. The number of thiazole rings is 1. The molecule has 0 fully saturated rings.